The first-order valence-corrected chi connectivity index (χ1v) is 7.61. The van der Waals surface area contributed by atoms with Crippen LogP contribution in [0.5, 0.6) is 0 Å². The van der Waals surface area contributed by atoms with E-state index in [9.17, 15) is 8.42 Å². The molecule has 102 valence electrons. The van der Waals surface area contributed by atoms with E-state index in [1.54, 1.807) is 6.07 Å². The van der Waals surface area contributed by atoms with Gasteiger partial charge in [-0.15, -0.1) is 0 Å². The van der Waals surface area contributed by atoms with Gasteiger partial charge in [-0.1, -0.05) is 5.16 Å². The molecule has 7 nitrogen and oxygen atoms in total. The summed E-state index contributed by atoms with van der Waals surface area (Å²) in [6.45, 7) is 4.40. The highest BCUT2D eigenvalue weighted by Crippen LogP contribution is 1.97. The van der Waals surface area contributed by atoms with Crippen LogP contribution in [0.1, 0.15) is 5.69 Å². The van der Waals surface area contributed by atoms with Crippen molar-refractivity contribution in [2.45, 2.75) is 6.54 Å². The van der Waals surface area contributed by atoms with Gasteiger partial charge in [0.1, 0.15) is 6.26 Å². The van der Waals surface area contributed by atoms with Crippen molar-refractivity contribution in [3.05, 3.63) is 18.0 Å². The van der Waals surface area contributed by atoms with Crippen LogP contribution in [-0.2, 0) is 16.6 Å². The Labute approximate surface area is 107 Å². The Morgan fingerprint density at radius 1 is 1.44 bits per heavy atom. The highest BCUT2D eigenvalue weighted by Gasteiger charge is 2.15. The summed E-state index contributed by atoms with van der Waals surface area (Å²) in [5.41, 5.74) is 0.584. The molecule has 1 aromatic rings. The second-order valence-corrected chi connectivity index (χ2v) is 6.15. The molecular formula is C10H18N4O3S. The van der Waals surface area contributed by atoms with Gasteiger partial charge in [0.2, 0.25) is 10.0 Å². The van der Waals surface area contributed by atoms with Crippen molar-refractivity contribution in [3.8, 4) is 0 Å². The summed E-state index contributed by atoms with van der Waals surface area (Å²) < 4.78 is 30.7. The lowest BCUT2D eigenvalue weighted by Gasteiger charge is -2.26. The third-order valence-corrected chi connectivity index (χ3v) is 4.15. The van der Waals surface area contributed by atoms with Crippen molar-refractivity contribution in [2.75, 3.05) is 38.5 Å². The molecule has 8 heteroatoms. The van der Waals surface area contributed by atoms with E-state index >= 15 is 0 Å². The highest BCUT2D eigenvalue weighted by molar-refractivity contribution is 7.89. The lowest BCUT2D eigenvalue weighted by Crippen LogP contribution is -2.45. The molecule has 1 aliphatic heterocycles. The van der Waals surface area contributed by atoms with Crippen molar-refractivity contribution in [1.82, 2.24) is 20.1 Å². The van der Waals surface area contributed by atoms with Crippen LogP contribution in [0.25, 0.3) is 0 Å². The Balaban J connectivity index is 1.73. The monoisotopic (exact) mass is 274 g/mol. The first kappa shape index (κ1) is 13.5. The predicted octanol–water partition coefficient (Wildman–Crippen LogP) is -1.00. The van der Waals surface area contributed by atoms with Gasteiger partial charge in [-0.25, -0.2) is 13.1 Å². The summed E-state index contributed by atoms with van der Waals surface area (Å²) in [6, 6.07) is 1.64. The van der Waals surface area contributed by atoms with Gasteiger partial charge in [0.25, 0.3) is 0 Å². The normalized spacial score (nSPS) is 18.0. The van der Waals surface area contributed by atoms with Crippen molar-refractivity contribution in [1.29, 1.82) is 0 Å². The fourth-order valence-corrected chi connectivity index (χ4v) is 2.78. The van der Waals surface area contributed by atoms with Crippen LogP contribution in [0.3, 0.4) is 0 Å². The third-order valence-electron chi connectivity index (χ3n) is 2.85. The average Bonchev–Trinajstić information content (AvgIpc) is 2.89. The number of hydrogen-bond donors (Lipinski definition) is 2. The van der Waals surface area contributed by atoms with Crippen molar-refractivity contribution in [3.63, 3.8) is 0 Å². The third kappa shape index (κ3) is 4.37. The Kier molecular flexibility index (Phi) is 4.70. The Morgan fingerprint density at radius 2 is 2.22 bits per heavy atom. The van der Waals surface area contributed by atoms with Gasteiger partial charge < -0.3 is 9.84 Å². The van der Waals surface area contributed by atoms with Crippen LogP contribution >= 0.6 is 0 Å². The molecule has 2 heterocycles. The summed E-state index contributed by atoms with van der Waals surface area (Å²) in [7, 11) is -3.25. The molecule has 0 radical (unpaired) electrons. The minimum atomic E-state index is -3.25. The topological polar surface area (TPSA) is 87.5 Å². The van der Waals surface area contributed by atoms with Crippen LogP contribution in [-0.4, -0.2) is 57.0 Å². The standard InChI is InChI=1S/C10H18N4O3S/c15-18(16,12-9-10-1-7-17-13-10)8-6-14-4-2-11-3-5-14/h1,7,11-12H,2-6,8-9H2. The van der Waals surface area contributed by atoms with Crippen LogP contribution in [0.2, 0.25) is 0 Å². The second-order valence-electron chi connectivity index (χ2n) is 4.22. The summed E-state index contributed by atoms with van der Waals surface area (Å²) in [5, 5.41) is 6.88. The molecule has 1 fully saturated rings. The number of rotatable bonds is 6. The second kappa shape index (κ2) is 6.28. The first-order chi connectivity index (χ1) is 8.66. The van der Waals surface area contributed by atoms with Crippen molar-refractivity contribution < 1.29 is 12.9 Å². The van der Waals surface area contributed by atoms with E-state index in [0.29, 0.717) is 12.2 Å². The highest BCUT2D eigenvalue weighted by atomic mass is 32.2. The Bertz CT molecular complexity index is 440. The quantitative estimate of drug-likeness (QED) is 0.692. The van der Waals surface area contributed by atoms with Gasteiger partial charge >= 0.3 is 0 Å². The average molecular weight is 274 g/mol. The van der Waals surface area contributed by atoms with E-state index in [2.05, 4.69) is 24.6 Å². The molecule has 0 aliphatic carbocycles. The van der Waals surface area contributed by atoms with Crippen LogP contribution in [0.4, 0.5) is 0 Å². The largest absolute Gasteiger partial charge is 0.364 e. The molecule has 1 saturated heterocycles. The Morgan fingerprint density at radius 3 is 2.89 bits per heavy atom. The minimum Gasteiger partial charge on any atom is -0.364 e. The van der Waals surface area contributed by atoms with Crippen molar-refractivity contribution in [2.24, 2.45) is 0 Å². The molecule has 18 heavy (non-hydrogen) atoms. The molecule has 0 unspecified atom stereocenters. The fraction of sp³-hybridized carbons (Fsp3) is 0.700. The van der Waals surface area contributed by atoms with E-state index in [-0.39, 0.29) is 12.3 Å². The van der Waals surface area contributed by atoms with Crippen LogP contribution in [0.15, 0.2) is 16.9 Å². The number of nitrogens with zero attached hydrogens (tertiary/aromatic N) is 2. The molecule has 2 rings (SSSR count). The zero-order valence-electron chi connectivity index (χ0n) is 10.1. The van der Waals surface area contributed by atoms with Gasteiger partial charge in [-0.2, -0.15) is 0 Å². The molecule has 0 aromatic carbocycles. The number of aromatic nitrogens is 1. The van der Waals surface area contributed by atoms with Gasteiger partial charge in [-0.05, 0) is 0 Å². The number of piperazine rings is 1. The maximum atomic E-state index is 11.8. The zero-order chi connectivity index (χ0) is 12.8. The van der Waals surface area contributed by atoms with Gasteiger partial charge in [0.05, 0.1) is 18.0 Å². The molecule has 0 atom stereocenters. The maximum absolute atomic E-state index is 11.8. The van der Waals surface area contributed by atoms with Gasteiger partial charge in [-0.3, -0.25) is 4.90 Å². The van der Waals surface area contributed by atoms with E-state index in [1.807, 2.05) is 0 Å². The molecule has 0 saturated carbocycles. The fourth-order valence-electron chi connectivity index (χ4n) is 1.77. The number of sulfonamides is 1. The smallest absolute Gasteiger partial charge is 0.213 e. The molecular weight excluding hydrogens is 256 g/mol. The summed E-state index contributed by atoms with van der Waals surface area (Å²) in [6.07, 6.45) is 1.42. The van der Waals surface area contributed by atoms with E-state index < -0.39 is 10.0 Å². The summed E-state index contributed by atoms with van der Waals surface area (Å²) in [5.74, 6) is 0.116. The van der Waals surface area contributed by atoms with Gasteiger partial charge in [0, 0.05) is 38.8 Å². The minimum absolute atomic E-state index is 0.116. The summed E-state index contributed by atoms with van der Waals surface area (Å²) in [4.78, 5) is 2.14. The number of hydrogen-bond acceptors (Lipinski definition) is 6. The predicted molar refractivity (Wildman–Crippen MR) is 66.4 cm³/mol. The lowest BCUT2D eigenvalue weighted by atomic mass is 10.4. The van der Waals surface area contributed by atoms with Crippen molar-refractivity contribution >= 4 is 10.0 Å². The van der Waals surface area contributed by atoms with E-state index in [4.69, 9.17) is 0 Å². The lowest BCUT2D eigenvalue weighted by molar-refractivity contribution is 0.253. The molecule has 0 spiro atoms. The number of nitrogens with one attached hydrogen (secondary N) is 2. The van der Waals surface area contributed by atoms with E-state index in [1.165, 1.54) is 6.26 Å². The molecule has 1 aromatic heterocycles. The molecule has 1 aliphatic rings. The van der Waals surface area contributed by atoms with Crippen LogP contribution in [0, 0.1) is 0 Å². The SMILES string of the molecule is O=S(=O)(CCN1CCNCC1)NCc1ccon1. The molecule has 2 N–H and O–H groups in total. The Hall–Kier alpha value is -0.960. The maximum Gasteiger partial charge on any atom is 0.213 e. The van der Waals surface area contributed by atoms with Crippen LogP contribution < -0.4 is 10.0 Å². The zero-order valence-corrected chi connectivity index (χ0v) is 10.9. The summed E-state index contributed by atoms with van der Waals surface area (Å²) >= 11 is 0. The van der Waals surface area contributed by atoms with Gasteiger partial charge in [0.15, 0.2) is 0 Å². The molecule has 0 amide bonds. The molecule has 0 bridgehead atoms. The first-order valence-electron chi connectivity index (χ1n) is 5.95. The van der Waals surface area contributed by atoms with E-state index in [0.717, 1.165) is 26.2 Å².